The molecule has 31 heavy (non-hydrogen) atoms. The lowest BCUT2D eigenvalue weighted by Gasteiger charge is -2.18. The van der Waals surface area contributed by atoms with Gasteiger partial charge >= 0.3 is 5.97 Å². The molecular formula is C23H30N2O5S. The fourth-order valence-corrected chi connectivity index (χ4v) is 4.50. The van der Waals surface area contributed by atoms with E-state index in [0.29, 0.717) is 25.4 Å². The van der Waals surface area contributed by atoms with Crippen molar-refractivity contribution in [1.29, 1.82) is 0 Å². The van der Waals surface area contributed by atoms with Gasteiger partial charge in [-0.05, 0) is 42.7 Å². The average Bonchev–Trinajstić information content (AvgIpc) is 2.77. The zero-order valence-corrected chi connectivity index (χ0v) is 18.9. The first-order valence-corrected chi connectivity index (χ1v) is 11.9. The van der Waals surface area contributed by atoms with Gasteiger partial charge in [0.05, 0.1) is 17.9 Å². The van der Waals surface area contributed by atoms with Gasteiger partial charge in [-0.1, -0.05) is 44.2 Å². The Balaban J connectivity index is 1.72. The molecule has 0 atom stereocenters. The van der Waals surface area contributed by atoms with Gasteiger partial charge in [-0.15, -0.1) is 0 Å². The lowest BCUT2D eigenvalue weighted by atomic mass is 10.1. The second kappa shape index (κ2) is 12.2. The molecule has 2 rings (SSSR count). The third-order valence-electron chi connectivity index (χ3n) is 4.75. The summed E-state index contributed by atoms with van der Waals surface area (Å²) in [7, 11) is -3.54. The Labute approximate surface area is 184 Å². The number of benzene rings is 2. The predicted octanol–water partition coefficient (Wildman–Crippen LogP) is 3.61. The molecule has 0 bridgehead atoms. The first-order valence-electron chi connectivity index (χ1n) is 10.5. The van der Waals surface area contributed by atoms with Crippen molar-refractivity contribution in [3.63, 3.8) is 0 Å². The standard InChI is InChI=1S/C23H30N2O5S/c1-3-25(4-2)31(28,29)21-14-12-20(13-15-21)24-22(26)16-17-23(27)30-18-8-11-19-9-6-5-7-10-19/h5-7,9-10,12-15H,3-4,8,11,16-18H2,1-2H3,(H,24,26). The number of nitrogens with zero attached hydrogens (tertiary/aromatic N) is 1. The Hall–Kier alpha value is -2.71. The maximum Gasteiger partial charge on any atom is 0.306 e. The smallest absolute Gasteiger partial charge is 0.306 e. The van der Waals surface area contributed by atoms with Crippen molar-refractivity contribution in [2.24, 2.45) is 0 Å². The summed E-state index contributed by atoms with van der Waals surface area (Å²) in [5, 5.41) is 2.67. The fourth-order valence-electron chi connectivity index (χ4n) is 3.04. The third-order valence-corrected chi connectivity index (χ3v) is 6.82. The van der Waals surface area contributed by atoms with Gasteiger partial charge < -0.3 is 10.1 Å². The quantitative estimate of drug-likeness (QED) is 0.397. The molecule has 168 valence electrons. The van der Waals surface area contributed by atoms with E-state index < -0.39 is 16.0 Å². The number of rotatable bonds is 12. The Morgan fingerprint density at radius 1 is 0.935 bits per heavy atom. The van der Waals surface area contributed by atoms with Crippen LogP contribution in [-0.4, -0.2) is 44.3 Å². The van der Waals surface area contributed by atoms with E-state index in [1.165, 1.54) is 34.1 Å². The number of carbonyl (C=O) groups excluding carboxylic acids is 2. The molecule has 0 spiro atoms. The van der Waals surface area contributed by atoms with Crippen LogP contribution in [0.1, 0.15) is 38.7 Å². The van der Waals surface area contributed by atoms with Crippen molar-refractivity contribution >= 4 is 27.6 Å². The Morgan fingerprint density at radius 3 is 2.19 bits per heavy atom. The fraction of sp³-hybridized carbons (Fsp3) is 0.391. The molecule has 0 aliphatic rings. The summed E-state index contributed by atoms with van der Waals surface area (Å²) in [5.74, 6) is -0.746. The summed E-state index contributed by atoms with van der Waals surface area (Å²) >= 11 is 0. The maximum atomic E-state index is 12.5. The van der Waals surface area contributed by atoms with Crippen molar-refractivity contribution in [2.45, 2.75) is 44.4 Å². The minimum Gasteiger partial charge on any atom is -0.466 e. The van der Waals surface area contributed by atoms with E-state index in [1.54, 1.807) is 13.8 Å². The SMILES string of the molecule is CCN(CC)S(=O)(=O)c1ccc(NC(=O)CCC(=O)OCCCc2ccccc2)cc1. The number of sulfonamides is 1. The van der Waals surface area contributed by atoms with Gasteiger partial charge in [0.15, 0.2) is 0 Å². The van der Waals surface area contributed by atoms with Gasteiger partial charge in [0.2, 0.25) is 15.9 Å². The molecule has 1 amide bonds. The molecule has 2 aromatic carbocycles. The second-order valence-electron chi connectivity index (χ2n) is 6.97. The van der Waals surface area contributed by atoms with Crippen LogP contribution in [-0.2, 0) is 30.8 Å². The molecule has 0 aliphatic heterocycles. The van der Waals surface area contributed by atoms with Crippen LogP contribution >= 0.6 is 0 Å². The van der Waals surface area contributed by atoms with Crippen LogP contribution in [0.4, 0.5) is 5.69 Å². The molecule has 0 aliphatic carbocycles. The van der Waals surface area contributed by atoms with Crippen LogP contribution in [0.3, 0.4) is 0 Å². The largest absolute Gasteiger partial charge is 0.466 e. The Kier molecular flexibility index (Phi) is 9.68. The van der Waals surface area contributed by atoms with Crippen molar-refractivity contribution in [3.8, 4) is 0 Å². The van der Waals surface area contributed by atoms with E-state index in [4.69, 9.17) is 4.74 Å². The maximum absolute atomic E-state index is 12.5. The number of ether oxygens (including phenoxy) is 1. The summed E-state index contributed by atoms with van der Waals surface area (Å²) in [4.78, 5) is 24.1. The molecule has 0 saturated heterocycles. The topological polar surface area (TPSA) is 92.8 Å². The minimum atomic E-state index is -3.54. The van der Waals surface area contributed by atoms with Crippen LogP contribution in [0.5, 0.6) is 0 Å². The molecule has 0 fully saturated rings. The molecule has 2 aromatic rings. The molecule has 0 saturated carbocycles. The molecule has 0 unspecified atom stereocenters. The molecule has 0 heterocycles. The van der Waals surface area contributed by atoms with Crippen molar-refractivity contribution in [3.05, 3.63) is 60.2 Å². The van der Waals surface area contributed by atoms with E-state index in [-0.39, 0.29) is 23.6 Å². The highest BCUT2D eigenvalue weighted by molar-refractivity contribution is 7.89. The third kappa shape index (κ3) is 7.80. The molecule has 7 nitrogen and oxygen atoms in total. The number of esters is 1. The number of hydrogen-bond donors (Lipinski definition) is 1. The monoisotopic (exact) mass is 446 g/mol. The average molecular weight is 447 g/mol. The number of carbonyl (C=O) groups is 2. The predicted molar refractivity (Wildman–Crippen MR) is 120 cm³/mol. The van der Waals surface area contributed by atoms with E-state index >= 15 is 0 Å². The van der Waals surface area contributed by atoms with Crippen molar-refractivity contribution < 1.29 is 22.7 Å². The number of nitrogens with one attached hydrogen (secondary N) is 1. The Morgan fingerprint density at radius 2 is 1.58 bits per heavy atom. The highest BCUT2D eigenvalue weighted by Crippen LogP contribution is 2.18. The number of amides is 1. The van der Waals surface area contributed by atoms with Crippen LogP contribution in [0.15, 0.2) is 59.5 Å². The number of aryl methyl sites for hydroxylation is 1. The minimum absolute atomic E-state index is 0.00296. The first kappa shape index (κ1) is 24.6. The molecule has 1 N–H and O–H groups in total. The lowest BCUT2D eigenvalue weighted by molar-refractivity contribution is -0.144. The highest BCUT2D eigenvalue weighted by atomic mass is 32.2. The van der Waals surface area contributed by atoms with Crippen molar-refractivity contribution in [1.82, 2.24) is 4.31 Å². The van der Waals surface area contributed by atoms with Crippen LogP contribution in [0.2, 0.25) is 0 Å². The van der Waals surface area contributed by atoms with Gasteiger partial charge in [-0.2, -0.15) is 4.31 Å². The zero-order chi connectivity index (χ0) is 22.7. The van der Waals surface area contributed by atoms with Gasteiger partial charge in [-0.25, -0.2) is 8.42 Å². The van der Waals surface area contributed by atoms with E-state index in [1.807, 2.05) is 30.3 Å². The molecular weight excluding hydrogens is 416 g/mol. The summed E-state index contributed by atoms with van der Waals surface area (Å²) in [6.45, 7) is 4.66. The zero-order valence-electron chi connectivity index (χ0n) is 18.0. The van der Waals surface area contributed by atoms with E-state index in [0.717, 1.165) is 12.8 Å². The highest BCUT2D eigenvalue weighted by Gasteiger charge is 2.21. The molecule has 0 radical (unpaired) electrons. The van der Waals surface area contributed by atoms with Gasteiger partial charge in [0, 0.05) is 25.2 Å². The Bertz CT molecular complexity index is 940. The van der Waals surface area contributed by atoms with Crippen LogP contribution in [0.25, 0.3) is 0 Å². The van der Waals surface area contributed by atoms with Crippen LogP contribution in [0, 0.1) is 0 Å². The first-order chi connectivity index (χ1) is 14.9. The lowest BCUT2D eigenvalue weighted by Crippen LogP contribution is -2.30. The number of hydrogen-bond acceptors (Lipinski definition) is 5. The summed E-state index contributed by atoms with van der Waals surface area (Å²) in [5.41, 5.74) is 1.66. The van der Waals surface area contributed by atoms with E-state index in [9.17, 15) is 18.0 Å². The second-order valence-corrected chi connectivity index (χ2v) is 8.91. The normalized spacial score (nSPS) is 11.3. The van der Waals surface area contributed by atoms with Crippen molar-refractivity contribution in [2.75, 3.05) is 25.0 Å². The van der Waals surface area contributed by atoms with Gasteiger partial charge in [-0.3, -0.25) is 9.59 Å². The van der Waals surface area contributed by atoms with Crippen LogP contribution < -0.4 is 5.32 Å². The van der Waals surface area contributed by atoms with Gasteiger partial charge in [0.25, 0.3) is 0 Å². The van der Waals surface area contributed by atoms with E-state index in [2.05, 4.69) is 5.32 Å². The summed E-state index contributed by atoms with van der Waals surface area (Å²) < 4.78 is 31.5. The summed E-state index contributed by atoms with van der Waals surface area (Å²) in [6.07, 6.45) is 1.54. The van der Waals surface area contributed by atoms with Gasteiger partial charge in [0.1, 0.15) is 0 Å². The molecule has 8 heteroatoms. The molecule has 0 aromatic heterocycles. The summed E-state index contributed by atoms with van der Waals surface area (Å²) in [6, 6.07) is 15.9. The number of anilines is 1.